The zero-order valence-corrected chi connectivity index (χ0v) is 18.5. The summed E-state index contributed by atoms with van der Waals surface area (Å²) in [4.78, 5) is 27.4. The molecule has 3 aromatic rings. The van der Waals surface area contributed by atoms with E-state index in [0.29, 0.717) is 22.2 Å². The van der Waals surface area contributed by atoms with Crippen molar-refractivity contribution in [2.24, 2.45) is 0 Å². The Kier molecular flexibility index (Phi) is 6.07. The molecule has 33 heavy (non-hydrogen) atoms. The van der Waals surface area contributed by atoms with E-state index in [2.05, 4.69) is 0 Å². The second kappa shape index (κ2) is 8.96. The molecule has 0 aromatic heterocycles. The number of hydrogen-bond acceptors (Lipinski definition) is 5. The van der Waals surface area contributed by atoms with Gasteiger partial charge in [-0.05, 0) is 42.5 Å². The summed E-state index contributed by atoms with van der Waals surface area (Å²) < 4.78 is 25.4. The number of nitrogens with zero attached hydrogens (tertiary/aromatic N) is 1. The number of anilines is 1. The molecule has 1 N–H and O–H groups in total. The molecule has 4 rings (SSSR count). The normalized spacial score (nSPS) is 17.3. The van der Waals surface area contributed by atoms with Gasteiger partial charge in [0.25, 0.3) is 11.7 Å². The lowest BCUT2D eigenvalue weighted by Gasteiger charge is -2.26. The minimum Gasteiger partial charge on any atom is -0.507 e. The molecular weight excluding hydrogens is 449 g/mol. The molecule has 1 unspecified atom stereocenters. The SMILES string of the molecule is COc1ccc(/C(O)=C2\C(=O)C(=O)N(c3cccc(Cl)c3)C2c2ccccc2F)cc1OC. The summed E-state index contributed by atoms with van der Waals surface area (Å²) in [5.41, 5.74) is 0.304. The van der Waals surface area contributed by atoms with Crippen molar-refractivity contribution in [3.63, 3.8) is 0 Å². The molecular formula is C25H19ClFNO5. The molecule has 1 saturated heterocycles. The van der Waals surface area contributed by atoms with Crippen molar-refractivity contribution in [3.8, 4) is 11.5 Å². The van der Waals surface area contributed by atoms with Gasteiger partial charge in [0.05, 0.1) is 25.8 Å². The van der Waals surface area contributed by atoms with Crippen molar-refractivity contribution < 1.29 is 28.6 Å². The number of aliphatic hydroxyl groups is 1. The molecule has 168 valence electrons. The molecule has 0 spiro atoms. The highest BCUT2D eigenvalue weighted by Crippen LogP contribution is 2.44. The van der Waals surface area contributed by atoms with Gasteiger partial charge in [0.2, 0.25) is 0 Å². The molecule has 0 radical (unpaired) electrons. The van der Waals surface area contributed by atoms with E-state index in [0.717, 1.165) is 4.90 Å². The Balaban J connectivity index is 1.97. The van der Waals surface area contributed by atoms with Gasteiger partial charge in [-0.2, -0.15) is 0 Å². The number of amides is 1. The lowest BCUT2D eigenvalue weighted by Crippen LogP contribution is -2.29. The summed E-state index contributed by atoms with van der Waals surface area (Å²) in [5.74, 6) is -2.23. The quantitative estimate of drug-likeness (QED) is 0.320. The second-order valence-electron chi connectivity index (χ2n) is 7.24. The smallest absolute Gasteiger partial charge is 0.300 e. The first-order chi connectivity index (χ1) is 15.9. The topological polar surface area (TPSA) is 76.1 Å². The van der Waals surface area contributed by atoms with Crippen LogP contribution in [0.25, 0.3) is 5.76 Å². The van der Waals surface area contributed by atoms with Gasteiger partial charge < -0.3 is 14.6 Å². The van der Waals surface area contributed by atoms with Gasteiger partial charge in [-0.15, -0.1) is 0 Å². The molecule has 3 aromatic carbocycles. The number of hydrogen-bond donors (Lipinski definition) is 1. The third-order valence-corrected chi connectivity index (χ3v) is 5.62. The molecule has 6 nitrogen and oxygen atoms in total. The Morgan fingerprint density at radius 3 is 2.36 bits per heavy atom. The molecule has 1 aliphatic rings. The third-order valence-electron chi connectivity index (χ3n) is 5.39. The summed E-state index contributed by atoms with van der Waals surface area (Å²) in [5, 5.41) is 11.5. The third kappa shape index (κ3) is 3.91. The summed E-state index contributed by atoms with van der Waals surface area (Å²) in [6.45, 7) is 0. The van der Waals surface area contributed by atoms with Gasteiger partial charge in [0.15, 0.2) is 11.5 Å². The number of aliphatic hydroxyl groups excluding tert-OH is 1. The minimum atomic E-state index is -1.21. The average Bonchev–Trinajstić information content (AvgIpc) is 3.08. The maximum atomic E-state index is 14.9. The monoisotopic (exact) mass is 467 g/mol. The predicted octanol–water partition coefficient (Wildman–Crippen LogP) is 5.12. The lowest BCUT2D eigenvalue weighted by molar-refractivity contribution is -0.132. The summed E-state index contributed by atoms with van der Waals surface area (Å²) in [7, 11) is 2.89. The standard InChI is InChI=1S/C25H19ClFNO5/c1-32-19-11-10-14(12-20(19)33-2)23(29)21-22(17-8-3-4-9-18(17)27)28(25(31)24(21)30)16-7-5-6-15(26)13-16/h3-13,22,29H,1-2H3/b23-21+. The number of rotatable bonds is 5. The van der Waals surface area contributed by atoms with Crippen LogP contribution in [0, 0.1) is 5.82 Å². The Bertz CT molecular complexity index is 1290. The van der Waals surface area contributed by atoms with Crippen molar-refractivity contribution in [3.05, 3.63) is 94.3 Å². The Labute approximate surface area is 194 Å². The van der Waals surface area contributed by atoms with E-state index in [1.807, 2.05) is 0 Å². The molecule has 1 amide bonds. The van der Waals surface area contributed by atoms with E-state index < -0.39 is 29.3 Å². The highest BCUT2D eigenvalue weighted by atomic mass is 35.5. The van der Waals surface area contributed by atoms with Crippen molar-refractivity contribution in [2.45, 2.75) is 6.04 Å². The van der Waals surface area contributed by atoms with E-state index in [4.69, 9.17) is 21.1 Å². The highest BCUT2D eigenvalue weighted by molar-refractivity contribution is 6.51. The molecule has 1 heterocycles. The minimum absolute atomic E-state index is 0.0544. The van der Waals surface area contributed by atoms with Gasteiger partial charge in [0, 0.05) is 21.8 Å². The number of ether oxygens (including phenoxy) is 2. The fourth-order valence-electron chi connectivity index (χ4n) is 3.85. The first-order valence-corrected chi connectivity index (χ1v) is 10.3. The van der Waals surface area contributed by atoms with Crippen LogP contribution in [0.5, 0.6) is 11.5 Å². The second-order valence-corrected chi connectivity index (χ2v) is 7.68. The number of Topliss-reactive ketones (excluding diaryl/α,β-unsaturated/α-hetero) is 1. The number of halogens is 2. The lowest BCUT2D eigenvalue weighted by atomic mass is 9.94. The Morgan fingerprint density at radius 2 is 1.70 bits per heavy atom. The van der Waals surface area contributed by atoms with E-state index in [1.165, 1.54) is 50.6 Å². The van der Waals surface area contributed by atoms with Crippen molar-refractivity contribution in [2.75, 3.05) is 19.1 Å². The van der Waals surface area contributed by atoms with Crippen molar-refractivity contribution >= 4 is 34.7 Å². The van der Waals surface area contributed by atoms with Crippen LogP contribution in [0.15, 0.2) is 72.3 Å². The molecule has 0 aliphatic carbocycles. The summed E-state index contributed by atoms with van der Waals surface area (Å²) in [6.07, 6.45) is 0. The number of methoxy groups -OCH3 is 2. The van der Waals surface area contributed by atoms with E-state index in [1.54, 1.807) is 30.3 Å². The van der Waals surface area contributed by atoms with Crippen LogP contribution in [0.4, 0.5) is 10.1 Å². The van der Waals surface area contributed by atoms with Gasteiger partial charge in [-0.1, -0.05) is 35.9 Å². The Morgan fingerprint density at radius 1 is 0.970 bits per heavy atom. The van der Waals surface area contributed by atoms with Gasteiger partial charge in [0.1, 0.15) is 11.6 Å². The number of ketones is 1. The molecule has 8 heteroatoms. The molecule has 1 fully saturated rings. The maximum absolute atomic E-state index is 14.9. The van der Waals surface area contributed by atoms with Crippen LogP contribution in [0.1, 0.15) is 17.2 Å². The zero-order valence-electron chi connectivity index (χ0n) is 17.7. The molecule has 0 saturated carbocycles. The van der Waals surface area contributed by atoms with E-state index in [9.17, 15) is 19.1 Å². The van der Waals surface area contributed by atoms with Crippen LogP contribution < -0.4 is 14.4 Å². The van der Waals surface area contributed by atoms with Crippen LogP contribution in [-0.2, 0) is 9.59 Å². The van der Waals surface area contributed by atoms with Gasteiger partial charge in [-0.3, -0.25) is 14.5 Å². The highest BCUT2D eigenvalue weighted by Gasteiger charge is 2.47. The van der Waals surface area contributed by atoms with Gasteiger partial charge in [-0.25, -0.2) is 4.39 Å². The number of carbonyl (C=O) groups is 2. The van der Waals surface area contributed by atoms with E-state index >= 15 is 0 Å². The maximum Gasteiger partial charge on any atom is 0.300 e. The summed E-state index contributed by atoms with van der Waals surface area (Å²) >= 11 is 6.11. The van der Waals surface area contributed by atoms with E-state index in [-0.39, 0.29) is 16.7 Å². The fourth-order valence-corrected chi connectivity index (χ4v) is 4.04. The predicted molar refractivity (Wildman–Crippen MR) is 122 cm³/mol. The first-order valence-electron chi connectivity index (χ1n) is 9.90. The van der Waals surface area contributed by atoms with Gasteiger partial charge >= 0.3 is 0 Å². The van der Waals surface area contributed by atoms with Crippen LogP contribution in [-0.4, -0.2) is 31.0 Å². The largest absolute Gasteiger partial charge is 0.507 e. The number of benzene rings is 3. The Hall–Kier alpha value is -3.84. The molecule has 0 bridgehead atoms. The fraction of sp³-hybridized carbons (Fsp3) is 0.120. The van der Waals surface area contributed by atoms with Crippen LogP contribution in [0.3, 0.4) is 0 Å². The summed E-state index contributed by atoms with van der Waals surface area (Å²) in [6, 6.07) is 15.4. The molecule has 1 atom stereocenters. The van der Waals surface area contributed by atoms with Crippen molar-refractivity contribution in [1.82, 2.24) is 0 Å². The molecule has 1 aliphatic heterocycles. The van der Waals surface area contributed by atoms with Crippen molar-refractivity contribution in [1.29, 1.82) is 0 Å². The number of carbonyl (C=O) groups excluding carboxylic acids is 2. The van der Waals surface area contributed by atoms with Crippen LogP contribution in [0.2, 0.25) is 5.02 Å². The van der Waals surface area contributed by atoms with Crippen LogP contribution >= 0.6 is 11.6 Å². The average molecular weight is 468 g/mol. The zero-order chi connectivity index (χ0) is 23.7. The first kappa shape index (κ1) is 22.4.